The number of amides is 2. The van der Waals surface area contributed by atoms with Crippen molar-refractivity contribution in [3.05, 3.63) is 54.1 Å². The number of rotatable bonds is 7. The molecule has 0 bridgehead atoms. The van der Waals surface area contributed by atoms with Gasteiger partial charge >= 0.3 is 11.5 Å². The molecule has 1 atom stereocenters. The van der Waals surface area contributed by atoms with Crippen molar-refractivity contribution in [2.45, 2.75) is 37.2 Å². The van der Waals surface area contributed by atoms with Crippen molar-refractivity contribution in [1.29, 1.82) is 0 Å². The molecule has 2 rings (SSSR count). The lowest BCUT2D eigenvalue weighted by atomic mass is 10.1. The molecule has 0 fully saturated rings. The average molecular weight is 443 g/mol. The number of carbonyl (C=O) groups is 1. The van der Waals surface area contributed by atoms with Gasteiger partial charge in [-0.25, -0.2) is 13.2 Å². The van der Waals surface area contributed by atoms with Gasteiger partial charge in [0.15, 0.2) is 0 Å². The number of hydrogen-bond acceptors (Lipinski definition) is 4. The van der Waals surface area contributed by atoms with E-state index in [1.165, 1.54) is 18.2 Å². The van der Waals surface area contributed by atoms with Crippen molar-refractivity contribution in [1.82, 2.24) is 4.90 Å². The van der Waals surface area contributed by atoms with Crippen LogP contribution in [0.1, 0.15) is 32.4 Å². The average Bonchev–Trinajstić information content (AvgIpc) is 2.69. The minimum absolute atomic E-state index is 0.138. The number of alkyl halides is 3. The molecule has 0 aliphatic carbocycles. The maximum absolute atomic E-state index is 13.0. The number of nitrogens with zero attached hydrogens (tertiary/aromatic N) is 1. The van der Waals surface area contributed by atoms with E-state index in [0.29, 0.717) is 24.3 Å². The monoisotopic (exact) mass is 443 g/mol. The predicted molar refractivity (Wildman–Crippen MR) is 110 cm³/mol. The highest BCUT2D eigenvalue weighted by Crippen LogP contribution is 2.35. The van der Waals surface area contributed by atoms with Crippen LogP contribution in [0.15, 0.2) is 53.4 Å². The van der Waals surface area contributed by atoms with E-state index in [1.807, 2.05) is 13.8 Å². The number of urea groups is 1. The van der Waals surface area contributed by atoms with Gasteiger partial charge in [0.25, 0.3) is 9.84 Å². The molecule has 0 spiro atoms. The van der Waals surface area contributed by atoms with Crippen LogP contribution in [0, 0.1) is 0 Å². The third kappa shape index (κ3) is 5.24. The molecule has 0 saturated heterocycles. The Morgan fingerprint density at radius 3 is 2.13 bits per heavy atom. The van der Waals surface area contributed by atoms with E-state index in [4.69, 9.17) is 0 Å². The van der Waals surface area contributed by atoms with Gasteiger partial charge in [0.1, 0.15) is 0 Å². The van der Waals surface area contributed by atoms with Gasteiger partial charge in [0.05, 0.1) is 10.6 Å². The lowest BCUT2D eigenvalue weighted by molar-refractivity contribution is -0.0435. The van der Waals surface area contributed by atoms with Crippen LogP contribution in [-0.4, -0.2) is 37.9 Å². The number of para-hydroxylation sites is 1. The molecule has 2 amide bonds. The van der Waals surface area contributed by atoms with Crippen molar-refractivity contribution in [3.8, 4) is 0 Å². The number of nitrogens with one attached hydrogen (secondary N) is 2. The van der Waals surface area contributed by atoms with Gasteiger partial charge < -0.3 is 15.5 Å². The second kappa shape index (κ2) is 9.38. The summed E-state index contributed by atoms with van der Waals surface area (Å²) >= 11 is 0. The Labute approximate surface area is 174 Å². The number of sulfone groups is 1. The van der Waals surface area contributed by atoms with Gasteiger partial charge in [-0.2, -0.15) is 13.2 Å². The highest BCUT2D eigenvalue weighted by molar-refractivity contribution is 7.92. The van der Waals surface area contributed by atoms with Crippen molar-refractivity contribution >= 4 is 27.2 Å². The number of carbonyl (C=O) groups excluding carboxylic acids is 1. The molecule has 2 aromatic carbocycles. The van der Waals surface area contributed by atoms with Crippen molar-refractivity contribution in [2.24, 2.45) is 0 Å². The molecule has 0 aliphatic rings. The van der Waals surface area contributed by atoms with Crippen LogP contribution in [-0.2, 0) is 9.84 Å². The van der Waals surface area contributed by atoms with E-state index in [9.17, 15) is 26.4 Å². The zero-order chi connectivity index (χ0) is 22.5. The molecule has 0 radical (unpaired) electrons. The van der Waals surface area contributed by atoms with E-state index >= 15 is 0 Å². The molecular weight excluding hydrogens is 419 g/mol. The van der Waals surface area contributed by atoms with Crippen molar-refractivity contribution < 1.29 is 26.4 Å². The Morgan fingerprint density at radius 1 is 1.03 bits per heavy atom. The first kappa shape index (κ1) is 23.5. The maximum Gasteiger partial charge on any atom is 0.501 e. The Morgan fingerprint density at radius 2 is 1.60 bits per heavy atom. The molecule has 0 aromatic heterocycles. The largest absolute Gasteiger partial charge is 0.501 e. The van der Waals surface area contributed by atoms with Gasteiger partial charge in [0.2, 0.25) is 0 Å². The summed E-state index contributed by atoms with van der Waals surface area (Å²) in [4.78, 5) is 12.9. The zero-order valence-corrected chi connectivity index (χ0v) is 17.6. The molecule has 0 heterocycles. The summed E-state index contributed by atoms with van der Waals surface area (Å²) in [6, 6.07) is 10.9. The number of benzene rings is 2. The van der Waals surface area contributed by atoms with Crippen LogP contribution < -0.4 is 10.6 Å². The Hall–Kier alpha value is -2.75. The normalized spacial score (nSPS) is 12.9. The third-order valence-corrected chi connectivity index (χ3v) is 6.11. The lowest BCUT2D eigenvalue weighted by Gasteiger charge is -2.21. The van der Waals surface area contributed by atoms with E-state index in [0.717, 1.165) is 6.07 Å². The lowest BCUT2D eigenvalue weighted by Crippen LogP contribution is -2.34. The first-order valence-electron chi connectivity index (χ1n) is 9.34. The van der Waals surface area contributed by atoms with Crippen molar-refractivity contribution in [2.75, 3.05) is 23.7 Å². The summed E-state index contributed by atoms with van der Waals surface area (Å²) in [5, 5.41) is 5.59. The summed E-state index contributed by atoms with van der Waals surface area (Å²) in [7, 11) is -5.48. The Balaban J connectivity index is 2.18. The number of halogens is 3. The Kier molecular flexibility index (Phi) is 7.35. The molecular formula is C20H24F3N3O3S. The summed E-state index contributed by atoms with van der Waals surface area (Å²) < 4.78 is 62.6. The molecule has 2 aromatic rings. The topological polar surface area (TPSA) is 78.5 Å². The minimum atomic E-state index is -5.48. The molecule has 0 saturated carbocycles. The van der Waals surface area contributed by atoms with Gasteiger partial charge in [-0.1, -0.05) is 24.3 Å². The third-order valence-electron chi connectivity index (χ3n) is 4.57. The van der Waals surface area contributed by atoms with Crippen LogP contribution in [0.2, 0.25) is 0 Å². The SMILES string of the molecule is CCN(CC)C(=O)Nc1ccc([C@H](C)Nc2ccccc2S(=O)(=O)C(F)(F)F)cc1. The second-order valence-electron chi connectivity index (χ2n) is 6.54. The highest BCUT2D eigenvalue weighted by Gasteiger charge is 2.48. The van der Waals surface area contributed by atoms with Gasteiger partial charge in [-0.15, -0.1) is 0 Å². The predicted octanol–water partition coefficient (Wildman–Crippen LogP) is 5.03. The van der Waals surface area contributed by atoms with E-state index in [1.54, 1.807) is 36.1 Å². The number of anilines is 2. The second-order valence-corrected chi connectivity index (χ2v) is 8.45. The summed E-state index contributed by atoms with van der Waals surface area (Å²) in [6.07, 6.45) is 0. The quantitative estimate of drug-likeness (QED) is 0.629. The summed E-state index contributed by atoms with van der Waals surface area (Å²) in [5.41, 5.74) is -4.25. The molecule has 2 N–H and O–H groups in total. The molecule has 0 aliphatic heterocycles. The van der Waals surface area contributed by atoms with E-state index < -0.39 is 26.3 Å². The fourth-order valence-corrected chi connectivity index (χ4v) is 3.75. The van der Waals surface area contributed by atoms with Gasteiger partial charge in [-0.05, 0) is 50.6 Å². The Bertz CT molecular complexity index is 973. The highest BCUT2D eigenvalue weighted by atomic mass is 32.2. The zero-order valence-electron chi connectivity index (χ0n) is 16.8. The molecule has 30 heavy (non-hydrogen) atoms. The fraction of sp³-hybridized carbons (Fsp3) is 0.350. The van der Waals surface area contributed by atoms with Crippen molar-refractivity contribution in [3.63, 3.8) is 0 Å². The van der Waals surface area contributed by atoms with Gasteiger partial charge in [0, 0.05) is 24.8 Å². The van der Waals surface area contributed by atoms with Crippen LogP contribution in [0.3, 0.4) is 0 Å². The van der Waals surface area contributed by atoms with Crippen LogP contribution in [0.25, 0.3) is 0 Å². The fourth-order valence-electron chi connectivity index (χ4n) is 2.83. The first-order valence-corrected chi connectivity index (χ1v) is 10.8. The smallest absolute Gasteiger partial charge is 0.377 e. The summed E-state index contributed by atoms with van der Waals surface area (Å²) in [6.45, 7) is 6.58. The number of hydrogen-bond donors (Lipinski definition) is 2. The van der Waals surface area contributed by atoms with E-state index in [2.05, 4.69) is 10.6 Å². The molecule has 10 heteroatoms. The minimum Gasteiger partial charge on any atom is -0.377 e. The van der Waals surface area contributed by atoms with Crippen LogP contribution >= 0.6 is 0 Å². The maximum atomic E-state index is 13.0. The molecule has 164 valence electrons. The molecule has 0 unspecified atom stereocenters. The first-order chi connectivity index (χ1) is 14.0. The van der Waals surface area contributed by atoms with Gasteiger partial charge in [-0.3, -0.25) is 0 Å². The van der Waals surface area contributed by atoms with Crippen LogP contribution in [0.5, 0.6) is 0 Å². The summed E-state index contributed by atoms with van der Waals surface area (Å²) in [5.74, 6) is 0. The van der Waals surface area contributed by atoms with E-state index in [-0.39, 0.29) is 11.7 Å². The standard InChI is InChI=1S/C20H24F3N3O3S/c1-4-26(5-2)19(27)25-16-12-10-15(11-13-16)14(3)24-17-8-6-7-9-18(17)30(28,29)20(21,22)23/h6-14,24H,4-5H2,1-3H3,(H,25,27)/t14-/m0/s1. The molecule has 6 nitrogen and oxygen atoms in total. The van der Waals surface area contributed by atoms with Crippen LogP contribution in [0.4, 0.5) is 29.3 Å².